The third kappa shape index (κ3) is 4.97. The zero-order chi connectivity index (χ0) is 27.1. The van der Waals surface area contributed by atoms with Crippen molar-refractivity contribution in [3.63, 3.8) is 0 Å². The van der Waals surface area contributed by atoms with Gasteiger partial charge in [-0.25, -0.2) is 18.4 Å². The number of aromatic nitrogens is 3. The first kappa shape index (κ1) is 25.4. The molecule has 0 radical (unpaired) electrons. The molecule has 39 heavy (non-hydrogen) atoms. The lowest BCUT2D eigenvalue weighted by Gasteiger charge is -2.32. The van der Waals surface area contributed by atoms with Crippen LogP contribution in [0.5, 0.6) is 0 Å². The smallest absolute Gasteiger partial charge is 0.251 e. The number of carbonyl (C=O) groups excluding carboxylic acids is 1. The van der Waals surface area contributed by atoms with Gasteiger partial charge in [0.15, 0.2) is 9.84 Å². The molecule has 3 aromatic heterocycles. The van der Waals surface area contributed by atoms with Gasteiger partial charge in [0.05, 0.1) is 53.0 Å². The predicted octanol–water partition coefficient (Wildman–Crippen LogP) is 3.70. The molecule has 0 unspecified atom stereocenters. The molecule has 1 N–H and O–H groups in total. The second-order valence-corrected chi connectivity index (χ2v) is 12.2. The molecule has 4 aromatic rings. The molecule has 6 rings (SSSR count). The van der Waals surface area contributed by atoms with Gasteiger partial charge in [0, 0.05) is 30.2 Å². The van der Waals surface area contributed by atoms with E-state index >= 15 is 0 Å². The van der Waals surface area contributed by atoms with Crippen molar-refractivity contribution in [2.75, 3.05) is 24.3 Å². The number of anilines is 1. The summed E-state index contributed by atoms with van der Waals surface area (Å²) in [6.07, 6.45) is 3.87. The van der Waals surface area contributed by atoms with E-state index in [1.165, 1.54) is 11.6 Å². The number of aryl methyl sites for hydroxylation is 1. The Morgan fingerprint density at radius 2 is 1.87 bits per heavy atom. The van der Waals surface area contributed by atoms with Gasteiger partial charge in [-0.3, -0.25) is 9.78 Å². The average Bonchev–Trinajstić information content (AvgIpc) is 3.10. The Balaban J connectivity index is 1.22. The molecule has 10 heteroatoms. The summed E-state index contributed by atoms with van der Waals surface area (Å²) in [6.45, 7) is 2.74. The molecule has 9 nitrogen and oxygen atoms in total. The second-order valence-electron chi connectivity index (χ2n) is 10.1. The lowest BCUT2D eigenvalue weighted by Crippen LogP contribution is -2.34. The Bertz CT molecular complexity index is 1710. The number of rotatable bonds is 4. The van der Waals surface area contributed by atoms with Gasteiger partial charge in [-0.2, -0.15) is 0 Å². The first-order valence-corrected chi connectivity index (χ1v) is 14.6. The lowest BCUT2D eigenvalue weighted by molar-refractivity contribution is 0.0950. The van der Waals surface area contributed by atoms with Gasteiger partial charge in [-0.15, -0.1) is 0 Å². The van der Waals surface area contributed by atoms with Crippen molar-refractivity contribution in [1.82, 2.24) is 20.3 Å². The summed E-state index contributed by atoms with van der Waals surface area (Å²) in [5.74, 6) is 0.528. The highest BCUT2D eigenvalue weighted by Crippen LogP contribution is 2.30. The average molecular weight is 544 g/mol. The minimum atomic E-state index is -3.50. The van der Waals surface area contributed by atoms with Gasteiger partial charge in [-0.1, -0.05) is 12.1 Å². The molecule has 0 saturated heterocycles. The number of hydrogen-bond acceptors (Lipinski definition) is 8. The van der Waals surface area contributed by atoms with Crippen LogP contribution in [0, 0.1) is 0 Å². The molecule has 2 aliphatic heterocycles. The maximum absolute atomic E-state index is 12.9. The van der Waals surface area contributed by atoms with Crippen molar-refractivity contribution in [3.8, 4) is 11.4 Å². The fraction of sp³-hybridized carbons (Fsp3) is 0.310. The van der Waals surface area contributed by atoms with Crippen molar-refractivity contribution in [2.24, 2.45) is 0 Å². The fourth-order valence-corrected chi connectivity index (χ4v) is 6.41. The number of fused-ring (bicyclic) bond motifs is 3. The van der Waals surface area contributed by atoms with E-state index in [1.807, 2.05) is 24.3 Å². The van der Waals surface area contributed by atoms with Crippen LogP contribution >= 0.6 is 0 Å². The summed E-state index contributed by atoms with van der Waals surface area (Å²) in [4.78, 5) is 29.5. The fourth-order valence-electron chi connectivity index (χ4n) is 5.02. The number of carbonyl (C=O) groups is 1. The molecule has 1 atom stereocenters. The molecule has 1 aromatic carbocycles. The molecule has 1 amide bonds. The molecule has 0 aliphatic carbocycles. The van der Waals surface area contributed by atoms with E-state index in [1.54, 1.807) is 18.3 Å². The largest absolute Gasteiger partial charge is 0.376 e. The molecular formula is C29H29N5O4S. The van der Waals surface area contributed by atoms with Crippen LogP contribution in [0.2, 0.25) is 0 Å². The maximum atomic E-state index is 12.9. The number of benzene rings is 1. The number of sulfone groups is 1. The van der Waals surface area contributed by atoms with Crippen LogP contribution in [-0.2, 0) is 34.1 Å². The summed E-state index contributed by atoms with van der Waals surface area (Å²) in [5, 5.41) is 3.73. The van der Waals surface area contributed by atoms with Crippen LogP contribution in [-0.4, -0.2) is 54.7 Å². The molecule has 2 aliphatic rings. The number of pyridine rings is 3. The van der Waals surface area contributed by atoms with E-state index in [9.17, 15) is 13.2 Å². The monoisotopic (exact) mass is 543 g/mol. The van der Waals surface area contributed by atoms with Crippen molar-refractivity contribution in [1.29, 1.82) is 0 Å². The summed E-state index contributed by atoms with van der Waals surface area (Å²) >= 11 is 0. The van der Waals surface area contributed by atoms with Crippen LogP contribution in [0.1, 0.15) is 40.5 Å². The zero-order valence-corrected chi connectivity index (χ0v) is 22.7. The summed E-state index contributed by atoms with van der Waals surface area (Å²) in [5.41, 5.74) is 5.07. The molecule has 200 valence electrons. The molecule has 0 spiro atoms. The standard InChI is InChI=1S/C29H29N5O4S/c1-18-3-4-19-7-9-25(33-28(19)34(18)2)24-10-8-21-15-30-23(14-26(21)32-24)16-31-29(35)20-5-6-22-17-38-11-12-39(36,37)27(22)13-20/h5-10,13-15,18H,3-4,11-12,16-17H2,1-2H3,(H,31,35)/t18-/m0/s1. The minimum absolute atomic E-state index is 0.0993. The number of nitrogens with zero attached hydrogens (tertiary/aromatic N) is 4. The SMILES string of the molecule is C[C@H]1CCc2ccc(-c3ccc4cnc(CNC(=O)c5ccc6c(c5)S(=O)(=O)CCOC6)cc4n3)nc2N1C. The number of hydrogen-bond donors (Lipinski definition) is 1. The summed E-state index contributed by atoms with van der Waals surface area (Å²) in [6, 6.07) is 15.1. The second kappa shape index (κ2) is 10.0. The van der Waals surface area contributed by atoms with E-state index < -0.39 is 9.84 Å². The van der Waals surface area contributed by atoms with Gasteiger partial charge in [0.2, 0.25) is 0 Å². The first-order valence-electron chi connectivity index (χ1n) is 13.0. The van der Waals surface area contributed by atoms with Gasteiger partial charge in [0.1, 0.15) is 5.82 Å². The summed E-state index contributed by atoms with van der Waals surface area (Å²) in [7, 11) is -1.42. The van der Waals surface area contributed by atoms with Crippen molar-refractivity contribution < 1.29 is 17.9 Å². The van der Waals surface area contributed by atoms with Gasteiger partial charge >= 0.3 is 0 Å². The van der Waals surface area contributed by atoms with Crippen LogP contribution in [0.3, 0.4) is 0 Å². The normalized spacial score (nSPS) is 18.2. The number of ether oxygens (including phenoxy) is 1. The molecular weight excluding hydrogens is 514 g/mol. The molecule has 0 saturated carbocycles. The number of amides is 1. The van der Waals surface area contributed by atoms with E-state index in [4.69, 9.17) is 14.7 Å². The molecule has 0 fully saturated rings. The quantitative estimate of drug-likeness (QED) is 0.415. The third-order valence-corrected chi connectivity index (χ3v) is 9.28. The molecule has 5 heterocycles. The third-order valence-electron chi connectivity index (χ3n) is 7.52. The predicted molar refractivity (Wildman–Crippen MR) is 148 cm³/mol. The van der Waals surface area contributed by atoms with Crippen molar-refractivity contribution in [2.45, 2.75) is 43.9 Å². The first-order chi connectivity index (χ1) is 18.8. The Hall–Kier alpha value is -3.89. The van der Waals surface area contributed by atoms with E-state index in [2.05, 4.69) is 35.2 Å². The van der Waals surface area contributed by atoms with Crippen LogP contribution in [0.25, 0.3) is 22.3 Å². The van der Waals surface area contributed by atoms with E-state index in [0.717, 1.165) is 41.0 Å². The number of nitrogens with one attached hydrogen (secondary N) is 1. The summed E-state index contributed by atoms with van der Waals surface area (Å²) < 4.78 is 30.5. The van der Waals surface area contributed by atoms with Crippen LogP contribution in [0.4, 0.5) is 5.82 Å². The molecule has 0 bridgehead atoms. The Morgan fingerprint density at radius 1 is 1.08 bits per heavy atom. The maximum Gasteiger partial charge on any atom is 0.251 e. The van der Waals surface area contributed by atoms with Crippen LogP contribution in [0.15, 0.2) is 59.6 Å². The van der Waals surface area contributed by atoms with Crippen molar-refractivity contribution >= 4 is 32.5 Å². The van der Waals surface area contributed by atoms with Crippen LogP contribution < -0.4 is 10.2 Å². The van der Waals surface area contributed by atoms with Gasteiger partial charge in [0.25, 0.3) is 5.91 Å². The zero-order valence-electron chi connectivity index (χ0n) is 21.8. The Morgan fingerprint density at radius 3 is 2.74 bits per heavy atom. The lowest BCUT2D eigenvalue weighted by atomic mass is 10.00. The van der Waals surface area contributed by atoms with E-state index in [0.29, 0.717) is 17.3 Å². The Kier molecular flexibility index (Phi) is 6.52. The van der Waals surface area contributed by atoms with Gasteiger partial charge < -0.3 is 15.0 Å². The minimum Gasteiger partial charge on any atom is -0.376 e. The van der Waals surface area contributed by atoms with E-state index in [-0.39, 0.29) is 41.9 Å². The topological polar surface area (TPSA) is 114 Å². The Labute approximate surface area is 227 Å². The van der Waals surface area contributed by atoms with Crippen molar-refractivity contribution in [3.05, 3.63) is 77.1 Å². The highest BCUT2D eigenvalue weighted by Gasteiger charge is 2.24. The van der Waals surface area contributed by atoms with Gasteiger partial charge in [-0.05, 0) is 67.3 Å². The highest BCUT2D eigenvalue weighted by atomic mass is 32.2. The highest BCUT2D eigenvalue weighted by molar-refractivity contribution is 7.91.